The van der Waals surface area contributed by atoms with Gasteiger partial charge < -0.3 is 4.74 Å². The van der Waals surface area contributed by atoms with Crippen molar-refractivity contribution in [1.29, 1.82) is 0 Å². The molecule has 6 rings (SSSR count). The molecule has 0 radical (unpaired) electrons. The van der Waals surface area contributed by atoms with E-state index in [4.69, 9.17) is 16.3 Å². The Hall–Kier alpha value is -3.97. The van der Waals surface area contributed by atoms with E-state index in [1.54, 1.807) is 66.9 Å². The van der Waals surface area contributed by atoms with Crippen molar-refractivity contribution in [3.8, 4) is 5.75 Å². The van der Waals surface area contributed by atoms with Gasteiger partial charge in [0.1, 0.15) is 11.8 Å². The van der Waals surface area contributed by atoms with Crippen LogP contribution in [-0.2, 0) is 9.59 Å². The van der Waals surface area contributed by atoms with Crippen LogP contribution in [0.2, 0.25) is 5.02 Å². The first kappa shape index (κ1) is 21.6. The molecule has 0 aromatic heterocycles. The van der Waals surface area contributed by atoms with Crippen LogP contribution < -0.4 is 9.64 Å². The number of ether oxygens (including phenoxy) is 1. The van der Waals surface area contributed by atoms with Gasteiger partial charge in [-0.15, -0.1) is 0 Å². The van der Waals surface area contributed by atoms with E-state index in [1.165, 1.54) is 0 Å². The van der Waals surface area contributed by atoms with Crippen LogP contribution in [0.15, 0.2) is 77.9 Å². The van der Waals surface area contributed by atoms with Gasteiger partial charge in [-0.3, -0.25) is 19.4 Å². The highest BCUT2D eigenvalue weighted by atomic mass is 35.5. The first-order valence-electron chi connectivity index (χ1n) is 11.2. The zero-order valence-corrected chi connectivity index (χ0v) is 19.4. The molecule has 0 N–H and O–H groups in total. The Morgan fingerprint density at radius 1 is 0.914 bits per heavy atom. The van der Waals surface area contributed by atoms with Crippen molar-refractivity contribution >= 4 is 41.1 Å². The maximum atomic E-state index is 13.9. The number of hydrazone groups is 1. The topological polar surface area (TPSA) is 79.3 Å². The Morgan fingerprint density at radius 2 is 1.60 bits per heavy atom. The van der Waals surface area contributed by atoms with E-state index in [0.717, 1.165) is 16.0 Å². The Bertz CT molecular complexity index is 1400. The number of benzene rings is 3. The number of hydrogen-bond acceptors (Lipinski definition) is 6. The number of amides is 2. The molecule has 2 fully saturated rings. The highest BCUT2D eigenvalue weighted by molar-refractivity contribution is 6.36. The highest BCUT2D eigenvalue weighted by Gasteiger charge is 2.65. The number of methoxy groups -OCH3 is 1. The summed E-state index contributed by atoms with van der Waals surface area (Å²) >= 11 is 6.37. The number of rotatable bonds is 4. The molecular weight excluding hydrogens is 466 g/mol. The fraction of sp³-hybridized carbons (Fsp3) is 0.185. The van der Waals surface area contributed by atoms with Crippen LogP contribution in [0.5, 0.6) is 5.75 Å². The number of Topliss-reactive ketones (excluding diaryl/α,β-unsaturated/α-hetero) is 1. The number of halogens is 1. The standard InChI is InChI=1S/C27H20ClN3O4/c1-35-17-12-10-15(11-13-17)25(32)24-22-21(23-18-7-3-2-6-16(18)14-29-31(23)24)26(33)30(27(22)34)20-9-5-4-8-19(20)28/h2-14,21-24H,1H3/t21-,22+,23-,24-/m1/s1. The van der Waals surface area contributed by atoms with Gasteiger partial charge >= 0.3 is 0 Å². The van der Waals surface area contributed by atoms with Crippen molar-refractivity contribution in [1.82, 2.24) is 5.01 Å². The summed E-state index contributed by atoms with van der Waals surface area (Å²) in [5, 5.41) is 6.52. The van der Waals surface area contributed by atoms with Crippen molar-refractivity contribution in [3.63, 3.8) is 0 Å². The molecular formula is C27H20ClN3O4. The van der Waals surface area contributed by atoms with E-state index >= 15 is 0 Å². The van der Waals surface area contributed by atoms with E-state index in [2.05, 4.69) is 5.10 Å². The molecule has 0 unspecified atom stereocenters. The quantitative estimate of drug-likeness (QED) is 0.410. The number of carbonyl (C=O) groups excluding carboxylic acids is 3. The van der Waals surface area contributed by atoms with Crippen LogP contribution in [-0.4, -0.2) is 42.0 Å². The van der Waals surface area contributed by atoms with Crippen LogP contribution in [0.25, 0.3) is 0 Å². The number of nitrogens with zero attached hydrogens (tertiary/aromatic N) is 3. The molecule has 174 valence electrons. The summed E-state index contributed by atoms with van der Waals surface area (Å²) in [4.78, 5) is 42.7. The Balaban J connectivity index is 1.49. The van der Waals surface area contributed by atoms with E-state index in [1.807, 2.05) is 24.3 Å². The van der Waals surface area contributed by atoms with E-state index in [-0.39, 0.29) is 11.7 Å². The SMILES string of the molecule is COc1ccc(C(=O)[C@H]2[C@H]3C(=O)N(c4ccccc4Cl)C(=O)[C@H]3[C@H]3c4ccccc4C=NN32)cc1. The second-order valence-corrected chi connectivity index (χ2v) is 9.16. The fourth-order valence-electron chi connectivity index (χ4n) is 5.47. The molecule has 3 aliphatic heterocycles. The molecule has 2 saturated heterocycles. The molecule has 3 aliphatic rings. The summed E-state index contributed by atoms with van der Waals surface area (Å²) in [6.45, 7) is 0. The third-order valence-corrected chi connectivity index (χ3v) is 7.35. The van der Waals surface area contributed by atoms with Crippen LogP contribution >= 0.6 is 11.6 Å². The van der Waals surface area contributed by atoms with Gasteiger partial charge in [0.05, 0.1) is 41.9 Å². The molecule has 7 nitrogen and oxygen atoms in total. The number of carbonyl (C=O) groups is 3. The lowest BCUT2D eigenvalue weighted by molar-refractivity contribution is -0.124. The molecule has 0 aliphatic carbocycles. The molecule has 3 heterocycles. The molecule has 2 amide bonds. The second-order valence-electron chi connectivity index (χ2n) is 8.75. The molecule has 4 atom stereocenters. The minimum Gasteiger partial charge on any atom is -0.497 e. The van der Waals surface area contributed by atoms with Crippen LogP contribution in [0.3, 0.4) is 0 Å². The normalized spacial score (nSPS) is 24.3. The molecule has 3 aromatic carbocycles. The predicted molar refractivity (Wildman–Crippen MR) is 131 cm³/mol. The molecule has 35 heavy (non-hydrogen) atoms. The van der Waals surface area contributed by atoms with Gasteiger partial charge in [-0.05, 0) is 47.5 Å². The first-order chi connectivity index (χ1) is 17.0. The van der Waals surface area contributed by atoms with Gasteiger partial charge in [0, 0.05) is 5.56 Å². The number of anilines is 1. The number of hydrogen-bond donors (Lipinski definition) is 0. The predicted octanol–water partition coefficient (Wildman–Crippen LogP) is 4.11. The molecule has 3 aromatic rings. The second kappa shape index (κ2) is 8.06. The third kappa shape index (κ3) is 3.12. The average Bonchev–Trinajstić information content (AvgIpc) is 3.36. The summed E-state index contributed by atoms with van der Waals surface area (Å²) in [7, 11) is 1.55. The maximum Gasteiger partial charge on any atom is 0.240 e. The smallest absolute Gasteiger partial charge is 0.240 e. The molecule has 0 saturated carbocycles. The lowest BCUT2D eigenvalue weighted by Crippen LogP contribution is -2.44. The van der Waals surface area contributed by atoms with Gasteiger partial charge in [-0.25, -0.2) is 4.90 Å². The summed E-state index contributed by atoms with van der Waals surface area (Å²) in [5.41, 5.74) is 2.47. The molecule has 0 bridgehead atoms. The van der Waals surface area contributed by atoms with Gasteiger partial charge in [0.15, 0.2) is 5.78 Å². The van der Waals surface area contributed by atoms with Crippen molar-refractivity contribution in [2.45, 2.75) is 12.1 Å². The van der Waals surface area contributed by atoms with Crippen LogP contribution in [0.4, 0.5) is 5.69 Å². The zero-order chi connectivity index (χ0) is 24.3. The summed E-state index contributed by atoms with van der Waals surface area (Å²) in [6.07, 6.45) is 1.68. The highest BCUT2D eigenvalue weighted by Crippen LogP contribution is 2.53. The van der Waals surface area contributed by atoms with Gasteiger partial charge in [-0.1, -0.05) is 48.0 Å². The van der Waals surface area contributed by atoms with Crippen LogP contribution in [0, 0.1) is 11.8 Å². The fourth-order valence-corrected chi connectivity index (χ4v) is 5.69. The van der Waals surface area contributed by atoms with Crippen molar-refractivity contribution < 1.29 is 19.1 Å². The summed E-state index contributed by atoms with van der Waals surface area (Å²) < 4.78 is 5.21. The molecule has 8 heteroatoms. The summed E-state index contributed by atoms with van der Waals surface area (Å²) in [5.74, 6) is -2.15. The maximum absolute atomic E-state index is 13.9. The zero-order valence-electron chi connectivity index (χ0n) is 18.7. The minimum absolute atomic E-state index is 0.274. The number of fused-ring (bicyclic) bond motifs is 5. The molecule has 0 spiro atoms. The minimum atomic E-state index is -0.938. The average molecular weight is 486 g/mol. The van der Waals surface area contributed by atoms with E-state index in [9.17, 15) is 14.4 Å². The third-order valence-electron chi connectivity index (χ3n) is 7.03. The van der Waals surface area contributed by atoms with Gasteiger partial charge in [0.2, 0.25) is 11.8 Å². The van der Waals surface area contributed by atoms with E-state index < -0.39 is 29.8 Å². The number of para-hydroxylation sites is 1. The van der Waals surface area contributed by atoms with Crippen molar-refractivity contribution in [2.75, 3.05) is 12.0 Å². The van der Waals surface area contributed by atoms with Gasteiger partial charge in [-0.2, -0.15) is 5.10 Å². The number of ketones is 1. The largest absolute Gasteiger partial charge is 0.497 e. The Kier molecular flexibility index (Phi) is 4.96. The van der Waals surface area contributed by atoms with Gasteiger partial charge in [0.25, 0.3) is 0 Å². The van der Waals surface area contributed by atoms with Crippen LogP contribution in [0.1, 0.15) is 27.5 Å². The monoisotopic (exact) mass is 485 g/mol. The lowest BCUT2D eigenvalue weighted by Gasteiger charge is -2.33. The van der Waals surface area contributed by atoms with Crippen molar-refractivity contribution in [3.05, 3.63) is 94.5 Å². The lowest BCUT2D eigenvalue weighted by atomic mass is 9.83. The number of imide groups is 1. The summed E-state index contributed by atoms with van der Waals surface area (Å²) in [6, 6.07) is 19.6. The Morgan fingerprint density at radius 3 is 2.34 bits per heavy atom. The van der Waals surface area contributed by atoms with Crippen molar-refractivity contribution in [2.24, 2.45) is 16.9 Å². The first-order valence-corrected chi connectivity index (χ1v) is 11.6. The van der Waals surface area contributed by atoms with E-state index in [0.29, 0.717) is 22.0 Å². The Labute approximate surface area is 206 Å².